The van der Waals surface area contributed by atoms with Gasteiger partial charge in [-0.3, -0.25) is 0 Å². The molecule has 9 rings (SSSR count). The third-order valence-corrected chi connectivity index (χ3v) is 10.1. The Labute approximate surface area is 305 Å². The van der Waals surface area contributed by atoms with Crippen molar-refractivity contribution in [1.82, 2.24) is 15.0 Å². The summed E-state index contributed by atoms with van der Waals surface area (Å²) in [5.41, 5.74) is 9.91. The van der Waals surface area contributed by atoms with Crippen LogP contribution in [0.15, 0.2) is 186 Å². The van der Waals surface area contributed by atoms with E-state index in [4.69, 9.17) is 15.0 Å². The zero-order valence-corrected chi connectivity index (χ0v) is 29.1. The van der Waals surface area contributed by atoms with Crippen LogP contribution in [-0.4, -0.2) is 15.0 Å². The molecule has 51 heavy (non-hydrogen) atoms. The van der Waals surface area contributed by atoms with Crippen LogP contribution < -0.4 is 0 Å². The lowest BCUT2D eigenvalue weighted by Gasteiger charge is -2.15. The predicted molar refractivity (Wildman–Crippen MR) is 215 cm³/mol. The van der Waals surface area contributed by atoms with Gasteiger partial charge in [0, 0.05) is 21.2 Å². The Bertz CT molecular complexity index is 2670. The second-order valence-electron chi connectivity index (χ2n) is 12.5. The maximum atomic E-state index is 5.00. The van der Waals surface area contributed by atoms with Crippen molar-refractivity contribution in [2.75, 3.05) is 0 Å². The van der Waals surface area contributed by atoms with Crippen LogP contribution in [0.1, 0.15) is 0 Å². The first kappa shape index (κ1) is 30.8. The Balaban J connectivity index is 1.11. The molecular weight excluding hydrogens is 686 g/mol. The van der Waals surface area contributed by atoms with Gasteiger partial charge in [-0.2, -0.15) is 0 Å². The minimum Gasteiger partial charge on any atom is -0.208 e. The van der Waals surface area contributed by atoms with E-state index in [-0.39, 0.29) is 0 Å². The van der Waals surface area contributed by atoms with Gasteiger partial charge in [0.1, 0.15) is 0 Å². The summed E-state index contributed by atoms with van der Waals surface area (Å²) >= 11 is 3.75. The maximum absolute atomic E-state index is 5.00. The van der Waals surface area contributed by atoms with Gasteiger partial charge in [0.2, 0.25) is 0 Å². The minimum absolute atomic E-state index is 0.639. The van der Waals surface area contributed by atoms with Crippen LogP contribution in [0.25, 0.3) is 89.1 Å². The van der Waals surface area contributed by atoms with Gasteiger partial charge >= 0.3 is 0 Å². The van der Waals surface area contributed by atoms with Crippen LogP contribution >= 0.6 is 15.9 Å². The van der Waals surface area contributed by atoms with E-state index in [0.29, 0.717) is 17.5 Å². The molecule has 0 aliphatic heterocycles. The Kier molecular flexibility index (Phi) is 8.00. The number of halogens is 1. The van der Waals surface area contributed by atoms with Gasteiger partial charge in [-0.1, -0.05) is 192 Å². The molecular formula is C47H30BrN3. The van der Waals surface area contributed by atoms with E-state index in [2.05, 4.69) is 162 Å². The summed E-state index contributed by atoms with van der Waals surface area (Å²) in [6.45, 7) is 0. The number of aromatic nitrogens is 3. The molecule has 3 nitrogen and oxygen atoms in total. The molecule has 0 fully saturated rings. The second-order valence-corrected chi connectivity index (χ2v) is 13.4. The van der Waals surface area contributed by atoms with Gasteiger partial charge in [0.15, 0.2) is 17.5 Å². The van der Waals surface area contributed by atoms with Crippen LogP contribution in [0.4, 0.5) is 0 Å². The van der Waals surface area contributed by atoms with Gasteiger partial charge in [-0.25, -0.2) is 15.0 Å². The molecule has 0 atom stereocenters. The minimum atomic E-state index is 0.639. The Morgan fingerprint density at radius 2 is 0.588 bits per heavy atom. The summed E-state index contributed by atoms with van der Waals surface area (Å²) in [6.07, 6.45) is 0. The summed E-state index contributed by atoms with van der Waals surface area (Å²) in [6, 6.07) is 63.6. The lowest BCUT2D eigenvalue weighted by molar-refractivity contribution is 1.07. The van der Waals surface area contributed by atoms with Crippen molar-refractivity contribution >= 4 is 37.5 Å². The molecule has 0 spiro atoms. The number of hydrogen-bond donors (Lipinski definition) is 0. The Morgan fingerprint density at radius 3 is 1.14 bits per heavy atom. The van der Waals surface area contributed by atoms with E-state index < -0.39 is 0 Å². The van der Waals surface area contributed by atoms with E-state index in [9.17, 15) is 0 Å². The normalized spacial score (nSPS) is 11.2. The van der Waals surface area contributed by atoms with Gasteiger partial charge in [0.25, 0.3) is 0 Å². The fraction of sp³-hybridized carbons (Fsp3) is 0. The van der Waals surface area contributed by atoms with Crippen molar-refractivity contribution in [2.24, 2.45) is 0 Å². The van der Waals surface area contributed by atoms with E-state index >= 15 is 0 Å². The highest BCUT2D eigenvalue weighted by Gasteiger charge is 2.15. The molecule has 0 bridgehead atoms. The quantitative estimate of drug-likeness (QED) is 0.172. The second kappa shape index (κ2) is 13.2. The highest BCUT2D eigenvalue weighted by molar-refractivity contribution is 9.10. The first-order chi connectivity index (χ1) is 25.2. The highest BCUT2D eigenvalue weighted by atomic mass is 79.9. The van der Waals surface area contributed by atoms with Crippen molar-refractivity contribution < 1.29 is 0 Å². The molecule has 0 aliphatic carbocycles. The SMILES string of the molecule is Brc1ccc(-c2ccc(-c3ccc(-c4nc(-c5ccccc5)nc(-c5ccc(-c6ccccc6)cc5)n4)cc3)c3ccccc23)c2ccccc12. The zero-order chi connectivity index (χ0) is 34.1. The number of rotatable bonds is 6. The molecule has 0 saturated heterocycles. The molecule has 1 heterocycles. The third kappa shape index (κ3) is 5.90. The lowest BCUT2D eigenvalue weighted by atomic mass is 9.90. The van der Waals surface area contributed by atoms with Crippen molar-refractivity contribution in [2.45, 2.75) is 0 Å². The predicted octanol–water partition coefficient (Wildman–Crippen LogP) is 12.9. The Morgan fingerprint density at radius 1 is 0.255 bits per heavy atom. The Hall–Kier alpha value is -6.23. The molecule has 0 amide bonds. The largest absolute Gasteiger partial charge is 0.208 e. The van der Waals surface area contributed by atoms with Crippen molar-refractivity contribution in [1.29, 1.82) is 0 Å². The van der Waals surface area contributed by atoms with Gasteiger partial charge in [0.05, 0.1) is 0 Å². The van der Waals surface area contributed by atoms with Crippen molar-refractivity contribution in [3.8, 4) is 67.5 Å². The zero-order valence-electron chi connectivity index (χ0n) is 27.5. The van der Waals surface area contributed by atoms with Crippen LogP contribution in [0.5, 0.6) is 0 Å². The first-order valence-electron chi connectivity index (χ1n) is 17.0. The van der Waals surface area contributed by atoms with E-state index in [0.717, 1.165) is 32.3 Å². The molecule has 0 N–H and O–H groups in total. The van der Waals surface area contributed by atoms with E-state index in [1.807, 2.05) is 36.4 Å². The van der Waals surface area contributed by atoms with Crippen LogP contribution in [-0.2, 0) is 0 Å². The van der Waals surface area contributed by atoms with Crippen molar-refractivity contribution in [3.63, 3.8) is 0 Å². The fourth-order valence-corrected chi connectivity index (χ4v) is 7.35. The monoisotopic (exact) mass is 715 g/mol. The number of fused-ring (bicyclic) bond motifs is 2. The maximum Gasteiger partial charge on any atom is 0.164 e. The van der Waals surface area contributed by atoms with Gasteiger partial charge in [-0.15, -0.1) is 0 Å². The molecule has 240 valence electrons. The summed E-state index contributed by atoms with van der Waals surface area (Å²) in [7, 11) is 0. The third-order valence-electron chi connectivity index (χ3n) is 9.46. The van der Waals surface area contributed by atoms with Crippen LogP contribution in [0, 0.1) is 0 Å². The topological polar surface area (TPSA) is 38.7 Å². The number of hydrogen-bond acceptors (Lipinski definition) is 3. The lowest BCUT2D eigenvalue weighted by Crippen LogP contribution is -2.00. The smallest absolute Gasteiger partial charge is 0.164 e. The standard InChI is InChI=1S/C47H30BrN3/c48-44-30-29-42(40-17-9-10-18-43(40)44)41-28-27-37(38-15-7-8-16-39(38)41)33-21-25-36(26-22-33)47-50-45(34-13-5-2-6-14-34)49-46(51-47)35-23-19-32(20-24-35)31-11-3-1-4-12-31/h1-30H. The summed E-state index contributed by atoms with van der Waals surface area (Å²) < 4.78 is 1.10. The van der Waals surface area contributed by atoms with Gasteiger partial charge in [-0.05, 0) is 61.0 Å². The van der Waals surface area contributed by atoms with Crippen LogP contribution in [0.2, 0.25) is 0 Å². The van der Waals surface area contributed by atoms with Gasteiger partial charge < -0.3 is 0 Å². The molecule has 0 radical (unpaired) electrons. The molecule has 9 aromatic rings. The van der Waals surface area contributed by atoms with E-state index in [1.54, 1.807) is 0 Å². The molecule has 4 heteroatoms. The molecule has 0 saturated carbocycles. The average Bonchev–Trinajstić information content (AvgIpc) is 3.21. The number of benzene rings is 8. The van der Waals surface area contributed by atoms with Crippen molar-refractivity contribution in [3.05, 3.63) is 186 Å². The van der Waals surface area contributed by atoms with Crippen LogP contribution in [0.3, 0.4) is 0 Å². The molecule has 1 aromatic heterocycles. The van der Waals surface area contributed by atoms with E-state index in [1.165, 1.54) is 43.8 Å². The molecule has 0 aliphatic rings. The summed E-state index contributed by atoms with van der Waals surface area (Å²) in [5.74, 6) is 1.93. The summed E-state index contributed by atoms with van der Waals surface area (Å²) in [5, 5.41) is 4.87. The fourth-order valence-electron chi connectivity index (χ4n) is 6.87. The number of nitrogens with zero attached hydrogens (tertiary/aromatic N) is 3. The molecule has 0 unspecified atom stereocenters. The highest BCUT2D eigenvalue weighted by Crippen LogP contribution is 2.40. The first-order valence-corrected chi connectivity index (χ1v) is 17.8. The summed E-state index contributed by atoms with van der Waals surface area (Å²) in [4.78, 5) is 14.9. The molecule has 8 aromatic carbocycles. The average molecular weight is 717 g/mol.